The maximum Gasteiger partial charge on any atom is 0.177 e. The van der Waals surface area contributed by atoms with E-state index in [9.17, 15) is 0 Å². The van der Waals surface area contributed by atoms with Gasteiger partial charge in [0.15, 0.2) is 4.77 Å². The van der Waals surface area contributed by atoms with Crippen molar-refractivity contribution in [2.24, 2.45) is 0 Å². The molecule has 98 valence electrons. The minimum absolute atomic E-state index is 0.108. The number of nitrogens with zero attached hydrogens (tertiary/aromatic N) is 1. The molecule has 0 fully saturated rings. The van der Waals surface area contributed by atoms with Crippen molar-refractivity contribution < 1.29 is 4.74 Å². The lowest BCUT2D eigenvalue weighted by Crippen LogP contribution is -2.19. The van der Waals surface area contributed by atoms with Crippen molar-refractivity contribution in [3.63, 3.8) is 0 Å². The monoisotopic (exact) mass is 256 g/mol. The summed E-state index contributed by atoms with van der Waals surface area (Å²) in [5.41, 5.74) is 1.35. The lowest BCUT2D eigenvalue weighted by molar-refractivity contribution is 0.122. The maximum atomic E-state index is 5.59. The summed E-state index contributed by atoms with van der Waals surface area (Å²) in [6.45, 7) is 11.2. The Morgan fingerprint density at radius 3 is 2.65 bits per heavy atom. The van der Waals surface area contributed by atoms with Gasteiger partial charge in [0, 0.05) is 30.5 Å². The van der Waals surface area contributed by atoms with Crippen molar-refractivity contribution >= 4 is 12.2 Å². The SMILES string of the molecule is CCCCOCCn1c(C(C)(C)C)c[nH]c1=S. The van der Waals surface area contributed by atoms with Gasteiger partial charge in [0.1, 0.15) is 0 Å². The standard InChI is InChI=1S/C13H24N2OS/c1-5-6-8-16-9-7-15-11(13(2,3)4)10-14-12(15)17/h10H,5-9H2,1-4H3,(H,14,17). The van der Waals surface area contributed by atoms with Crippen LogP contribution in [-0.2, 0) is 16.7 Å². The molecule has 3 nitrogen and oxygen atoms in total. The Balaban J connectivity index is 2.58. The molecule has 4 heteroatoms. The lowest BCUT2D eigenvalue weighted by atomic mass is 9.93. The highest BCUT2D eigenvalue weighted by molar-refractivity contribution is 7.71. The van der Waals surface area contributed by atoms with E-state index in [4.69, 9.17) is 17.0 Å². The molecule has 1 heterocycles. The fourth-order valence-corrected chi connectivity index (χ4v) is 1.99. The van der Waals surface area contributed by atoms with Gasteiger partial charge in [0.25, 0.3) is 0 Å². The number of ether oxygens (including phenoxy) is 1. The molecule has 1 aromatic rings. The van der Waals surface area contributed by atoms with Crippen LogP contribution in [0.5, 0.6) is 0 Å². The third kappa shape index (κ3) is 4.28. The van der Waals surface area contributed by atoms with Crippen LogP contribution < -0.4 is 0 Å². The first kappa shape index (κ1) is 14.5. The van der Waals surface area contributed by atoms with Gasteiger partial charge < -0.3 is 14.3 Å². The molecule has 0 radical (unpaired) electrons. The van der Waals surface area contributed by atoms with Gasteiger partial charge in [0.05, 0.1) is 6.61 Å². The number of hydrogen-bond donors (Lipinski definition) is 1. The highest BCUT2D eigenvalue weighted by Gasteiger charge is 2.18. The molecule has 0 aliphatic heterocycles. The lowest BCUT2D eigenvalue weighted by Gasteiger charge is -2.20. The number of hydrogen-bond acceptors (Lipinski definition) is 2. The summed E-state index contributed by atoms with van der Waals surface area (Å²) in [4.78, 5) is 3.12. The summed E-state index contributed by atoms with van der Waals surface area (Å²) in [6.07, 6.45) is 4.32. The Bertz CT molecular complexity index is 387. The van der Waals surface area contributed by atoms with Crippen molar-refractivity contribution in [2.75, 3.05) is 13.2 Å². The predicted octanol–water partition coefficient (Wildman–Crippen LogP) is 3.66. The zero-order chi connectivity index (χ0) is 12.9. The zero-order valence-corrected chi connectivity index (χ0v) is 12.2. The molecular formula is C13H24N2OS. The van der Waals surface area contributed by atoms with E-state index in [2.05, 4.69) is 37.2 Å². The van der Waals surface area contributed by atoms with Crippen molar-refractivity contribution in [1.82, 2.24) is 9.55 Å². The maximum absolute atomic E-state index is 5.59. The van der Waals surface area contributed by atoms with Gasteiger partial charge in [-0.15, -0.1) is 0 Å². The van der Waals surface area contributed by atoms with E-state index in [1.54, 1.807) is 0 Å². The highest BCUT2D eigenvalue weighted by atomic mass is 32.1. The number of aromatic amines is 1. The fourth-order valence-electron chi connectivity index (χ4n) is 1.74. The average molecular weight is 256 g/mol. The molecule has 17 heavy (non-hydrogen) atoms. The molecule has 0 unspecified atom stereocenters. The van der Waals surface area contributed by atoms with E-state index in [1.807, 2.05) is 6.20 Å². The smallest absolute Gasteiger partial charge is 0.177 e. The highest BCUT2D eigenvalue weighted by Crippen LogP contribution is 2.22. The average Bonchev–Trinajstić information content (AvgIpc) is 2.59. The van der Waals surface area contributed by atoms with Gasteiger partial charge in [-0.25, -0.2) is 0 Å². The van der Waals surface area contributed by atoms with E-state index in [1.165, 1.54) is 12.1 Å². The van der Waals surface area contributed by atoms with Crippen LogP contribution in [0.4, 0.5) is 0 Å². The Morgan fingerprint density at radius 1 is 1.35 bits per heavy atom. The fraction of sp³-hybridized carbons (Fsp3) is 0.769. The van der Waals surface area contributed by atoms with Gasteiger partial charge in [-0.05, 0) is 18.6 Å². The Hall–Kier alpha value is -0.610. The van der Waals surface area contributed by atoms with Gasteiger partial charge >= 0.3 is 0 Å². The Morgan fingerprint density at radius 2 is 2.06 bits per heavy atom. The van der Waals surface area contributed by atoms with Crippen molar-refractivity contribution in [3.8, 4) is 0 Å². The van der Waals surface area contributed by atoms with Crippen LogP contribution in [0, 0.1) is 4.77 Å². The summed E-state index contributed by atoms with van der Waals surface area (Å²) >= 11 is 5.29. The van der Waals surface area contributed by atoms with Gasteiger partial charge in [-0.3, -0.25) is 0 Å². The summed E-state index contributed by atoms with van der Waals surface area (Å²) in [5.74, 6) is 0. The van der Waals surface area contributed by atoms with Crippen LogP contribution in [0.3, 0.4) is 0 Å². The molecule has 1 N–H and O–H groups in total. The molecule has 0 aliphatic carbocycles. The number of rotatable bonds is 6. The molecule has 1 aromatic heterocycles. The van der Waals surface area contributed by atoms with Crippen LogP contribution >= 0.6 is 12.2 Å². The molecule has 0 amide bonds. The molecule has 1 rings (SSSR count). The topological polar surface area (TPSA) is 29.9 Å². The Kier molecular flexibility index (Phi) is 5.40. The van der Waals surface area contributed by atoms with Crippen LogP contribution in [0.2, 0.25) is 0 Å². The van der Waals surface area contributed by atoms with Crippen LogP contribution in [0.15, 0.2) is 6.20 Å². The molecule has 0 aliphatic rings. The van der Waals surface area contributed by atoms with E-state index in [-0.39, 0.29) is 5.41 Å². The van der Waals surface area contributed by atoms with Crippen LogP contribution in [0.25, 0.3) is 0 Å². The Labute approximate surface area is 109 Å². The predicted molar refractivity (Wildman–Crippen MR) is 74.0 cm³/mol. The van der Waals surface area contributed by atoms with Crippen LogP contribution in [-0.4, -0.2) is 22.8 Å². The summed E-state index contributed by atoms with van der Waals surface area (Å²) < 4.78 is 8.52. The zero-order valence-electron chi connectivity index (χ0n) is 11.4. The molecule has 0 atom stereocenters. The van der Waals surface area contributed by atoms with Gasteiger partial charge in [0.2, 0.25) is 0 Å². The molecule has 0 saturated heterocycles. The molecule has 0 spiro atoms. The van der Waals surface area contributed by atoms with E-state index >= 15 is 0 Å². The van der Waals surface area contributed by atoms with E-state index < -0.39 is 0 Å². The van der Waals surface area contributed by atoms with Crippen molar-refractivity contribution in [3.05, 3.63) is 16.7 Å². The molecule has 0 saturated carbocycles. The minimum atomic E-state index is 0.108. The second-order valence-electron chi connectivity index (χ2n) is 5.35. The van der Waals surface area contributed by atoms with Gasteiger partial charge in [-0.1, -0.05) is 34.1 Å². The first-order chi connectivity index (χ1) is 7.96. The first-order valence-electron chi connectivity index (χ1n) is 6.33. The summed E-state index contributed by atoms with van der Waals surface area (Å²) in [7, 11) is 0. The van der Waals surface area contributed by atoms with Crippen molar-refractivity contribution in [2.45, 2.75) is 52.5 Å². The molecular weight excluding hydrogens is 232 g/mol. The third-order valence-corrected chi connectivity index (χ3v) is 3.08. The largest absolute Gasteiger partial charge is 0.380 e. The second kappa shape index (κ2) is 6.36. The number of nitrogens with one attached hydrogen (secondary N) is 1. The van der Waals surface area contributed by atoms with E-state index in [0.717, 1.165) is 31.0 Å². The number of imidazole rings is 1. The van der Waals surface area contributed by atoms with Crippen LogP contribution in [0.1, 0.15) is 46.2 Å². The van der Waals surface area contributed by atoms with Crippen molar-refractivity contribution in [1.29, 1.82) is 0 Å². The summed E-state index contributed by atoms with van der Waals surface area (Å²) in [5, 5.41) is 0. The second-order valence-corrected chi connectivity index (χ2v) is 5.73. The van der Waals surface area contributed by atoms with Gasteiger partial charge in [-0.2, -0.15) is 0 Å². The minimum Gasteiger partial charge on any atom is -0.380 e. The third-order valence-electron chi connectivity index (χ3n) is 2.74. The number of aromatic nitrogens is 2. The summed E-state index contributed by atoms with van der Waals surface area (Å²) in [6, 6.07) is 0. The first-order valence-corrected chi connectivity index (χ1v) is 6.74. The van der Waals surface area contributed by atoms with E-state index in [0.29, 0.717) is 0 Å². The number of unbranched alkanes of at least 4 members (excludes halogenated alkanes) is 1. The molecule has 0 aromatic carbocycles. The number of H-pyrrole nitrogens is 1. The quantitative estimate of drug-likeness (QED) is 0.622. The normalized spacial score (nSPS) is 12.0. The molecule has 0 bridgehead atoms.